The van der Waals surface area contributed by atoms with Crippen molar-refractivity contribution < 1.29 is 26.7 Å². The molecule has 0 aliphatic rings. The number of hydrogen-bond donors (Lipinski definition) is 2. The van der Waals surface area contributed by atoms with Gasteiger partial charge in [-0.15, -0.1) is 0 Å². The van der Waals surface area contributed by atoms with Crippen LogP contribution in [0.15, 0.2) is 96.2 Å². The van der Waals surface area contributed by atoms with Crippen molar-refractivity contribution in [2.75, 3.05) is 10.0 Å². The first-order chi connectivity index (χ1) is 16.3. The van der Waals surface area contributed by atoms with Crippen molar-refractivity contribution in [3.63, 3.8) is 0 Å². The molecule has 0 unspecified atom stereocenters. The van der Waals surface area contributed by atoms with E-state index < -0.39 is 26.6 Å². The van der Waals surface area contributed by atoms with Gasteiger partial charge in [-0.25, -0.2) is 17.2 Å². The second-order valence-corrected chi connectivity index (χ2v) is 8.71. The van der Waals surface area contributed by atoms with Crippen molar-refractivity contribution in [3.05, 3.63) is 108 Å². The summed E-state index contributed by atoms with van der Waals surface area (Å²) in [6.45, 7) is 0. The minimum atomic E-state index is -4.12. The molecule has 0 radical (unpaired) electrons. The molecule has 0 aliphatic carbocycles. The third kappa shape index (κ3) is 5.54. The molecule has 1 heterocycles. The van der Waals surface area contributed by atoms with Crippen LogP contribution < -0.4 is 14.8 Å². The van der Waals surface area contributed by atoms with Crippen LogP contribution >= 0.6 is 0 Å². The number of sulfonamides is 1. The first-order valence-corrected chi connectivity index (χ1v) is 11.4. The summed E-state index contributed by atoms with van der Waals surface area (Å²) in [6.07, 6.45) is 3.21. The molecule has 34 heavy (non-hydrogen) atoms. The third-order valence-electron chi connectivity index (χ3n) is 4.58. The zero-order valence-corrected chi connectivity index (χ0v) is 18.2. The summed E-state index contributed by atoms with van der Waals surface area (Å²) in [5.41, 5.74) is 0.998. The smallest absolute Gasteiger partial charge is 0.261 e. The molecule has 1 amide bonds. The zero-order chi connectivity index (χ0) is 24.1. The normalized spacial score (nSPS) is 11.0. The molecule has 0 fully saturated rings. The molecular weight excluding hydrogens is 464 g/mol. The van der Waals surface area contributed by atoms with E-state index in [0.717, 1.165) is 12.1 Å². The summed E-state index contributed by atoms with van der Waals surface area (Å²) in [7, 11) is -4.12. The third-order valence-corrected chi connectivity index (χ3v) is 5.96. The number of carbonyl (C=O) groups is 1. The Morgan fingerprint density at radius 2 is 1.53 bits per heavy atom. The van der Waals surface area contributed by atoms with Gasteiger partial charge in [0.1, 0.15) is 11.5 Å². The van der Waals surface area contributed by atoms with Crippen LogP contribution in [-0.2, 0) is 10.0 Å². The van der Waals surface area contributed by atoms with Crippen molar-refractivity contribution in [2.45, 2.75) is 4.90 Å². The average Bonchev–Trinajstić information content (AvgIpc) is 2.83. The minimum absolute atomic E-state index is 0.180. The quantitative estimate of drug-likeness (QED) is 0.378. The highest BCUT2D eigenvalue weighted by Gasteiger charge is 2.17. The van der Waals surface area contributed by atoms with Crippen LogP contribution in [0.25, 0.3) is 0 Å². The Morgan fingerprint density at radius 1 is 0.824 bits per heavy atom. The van der Waals surface area contributed by atoms with Crippen molar-refractivity contribution in [2.24, 2.45) is 0 Å². The van der Waals surface area contributed by atoms with Gasteiger partial charge in [0.05, 0.1) is 11.1 Å². The van der Waals surface area contributed by atoms with Crippen LogP contribution in [0, 0.1) is 11.6 Å². The highest BCUT2D eigenvalue weighted by molar-refractivity contribution is 7.92. The van der Waals surface area contributed by atoms with E-state index in [2.05, 4.69) is 15.0 Å². The van der Waals surface area contributed by atoms with Gasteiger partial charge in [0.25, 0.3) is 15.9 Å². The zero-order valence-electron chi connectivity index (χ0n) is 17.4. The Hall–Kier alpha value is -4.31. The van der Waals surface area contributed by atoms with E-state index in [0.29, 0.717) is 28.8 Å². The van der Waals surface area contributed by atoms with Crippen molar-refractivity contribution in [3.8, 4) is 11.5 Å². The number of anilines is 2. The Labute approximate surface area is 194 Å². The van der Waals surface area contributed by atoms with Gasteiger partial charge in [-0.3, -0.25) is 14.5 Å². The molecule has 0 bridgehead atoms. The van der Waals surface area contributed by atoms with E-state index in [1.54, 1.807) is 48.8 Å². The van der Waals surface area contributed by atoms with Gasteiger partial charge in [0, 0.05) is 23.1 Å². The van der Waals surface area contributed by atoms with Gasteiger partial charge in [0.2, 0.25) is 0 Å². The maximum Gasteiger partial charge on any atom is 0.261 e. The molecule has 1 aromatic heterocycles. The number of aromatic nitrogens is 1. The molecule has 0 aliphatic heterocycles. The number of benzene rings is 3. The lowest BCUT2D eigenvalue weighted by Gasteiger charge is -2.10. The fraction of sp³-hybridized carbons (Fsp3) is 0. The van der Waals surface area contributed by atoms with Crippen LogP contribution in [0.2, 0.25) is 0 Å². The summed E-state index contributed by atoms with van der Waals surface area (Å²) in [4.78, 5) is 16.1. The van der Waals surface area contributed by atoms with Gasteiger partial charge >= 0.3 is 0 Å². The number of ether oxygens (including phenoxy) is 1. The summed E-state index contributed by atoms with van der Waals surface area (Å²) < 4.78 is 59.1. The Balaban J connectivity index is 1.38. The fourth-order valence-corrected chi connectivity index (χ4v) is 3.97. The topological polar surface area (TPSA) is 97.4 Å². The van der Waals surface area contributed by atoms with Gasteiger partial charge in [-0.05, 0) is 78.9 Å². The SMILES string of the molecule is O=C(Nc1ccc(NS(=O)(=O)c2ccc(F)c(F)c2)cc1)c1ccc(Oc2cccnc2)cc1. The second-order valence-electron chi connectivity index (χ2n) is 7.03. The van der Waals surface area contributed by atoms with Crippen LogP contribution in [0.4, 0.5) is 20.2 Å². The van der Waals surface area contributed by atoms with Crippen LogP contribution in [0.3, 0.4) is 0 Å². The van der Waals surface area contributed by atoms with Crippen molar-refractivity contribution >= 4 is 27.3 Å². The van der Waals surface area contributed by atoms with Gasteiger partial charge in [-0.2, -0.15) is 0 Å². The molecule has 0 saturated heterocycles. The molecule has 172 valence electrons. The number of amides is 1. The fourth-order valence-electron chi connectivity index (χ4n) is 2.90. The predicted octanol–water partition coefficient (Wildman–Crippen LogP) is 5.21. The van der Waals surface area contributed by atoms with Crippen molar-refractivity contribution in [1.82, 2.24) is 4.98 Å². The lowest BCUT2D eigenvalue weighted by Crippen LogP contribution is -2.14. The lowest BCUT2D eigenvalue weighted by atomic mass is 10.2. The maximum absolute atomic E-state index is 13.4. The number of pyridine rings is 1. The number of halogens is 2. The monoisotopic (exact) mass is 481 g/mol. The van der Waals surface area contributed by atoms with Gasteiger partial charge < -0.3 is 10.1 Å². The highest BCUT2D eigenvalue weighted by Crippen LogP contribution is 2.22. The van der Waals surface area contributed by atoms with Gasteiger partial charge in [-0.1, -0.05) is 0 Å². The van der Waals surface area contributed by atoms with E-state index in [1.807, 2.05) is 0 Å². The molecule has 4 rings (SSSR count). The molecule has 0 spiro atoms. The molecule has 0 saturated carbocycles. The van der Waals surface area contributed by atoms with Crippen molar-refractivity contribution in [1.29, 1.82) is 0 Å². The first kappa shape index (κ1) is 22.9. The predicted molar refractivity (Wildman–Crippen MR) is 122 cm³/mol. The Kier molecular flexibility index (Phi) is 6.51. The number of nitrogens with zero attached hydrogens (tertiary/aromatic N) is 1. The summed E-state index contributed by atoms with van der Waals surface area (Å²) >= 11 is 0. The largest absolute Gasteiger partial charge is 0.456 e. The lowest BCUT2D eigenvalue weighted by molar-refractivity contribution is 0.102. The minimum Gasteiger partial charge on any atom is -0.456 e. The standard InChI is InChI=1S/C24H17F2N3O4S/c25-22-12-11-21(14-23(22)26)34(31,32)29-18-7-5-17(6-8-18)28-24(30)16-3-9-19(10-4-16)33-20-2-1-13-27-15-20/h1-15,29H,(H,28,30). The summed E-state index contributed by atoms with van der Waals surface area (Å²) in [5.74, 6) is -1.67. The Bertz CT molecular complexity index is 1410. The molecule has 2 N–H and O–H groups in total. The van der Waals surface area contributed by atoms with E-state index >= 15 is 0 Å². The van der Waals surface area contributed by atoms with Crippen LogP contribution in [-0.4, -0.2) is 19.3 Å². The molecule has 10 heteroatoms. The molecule has 7 nitrogen and oxygen atoms in total. The van der Waals surface area contributed by atoms with Gasteiger partial charge in [0.15, 0.2) is 11.6 Å². The number of nitrogens with one attached hydrogen (secondary N) is 2. The summed E-state index contributed by atoms with van der Waals surface area (Å²) in [5, 5.41) is 2.70. The highest BCUT2D eigenvalue weighted by atomic mass is 32.2. The summed E-state index contributed by atoms with van der Waals surface area (Å²) in [6, 6.07) is 18.2. The number of carbonyl (C=O) groups excluding carboxylic acids is 1. The Morgan fingerprint density at radius 3 is 2.18 bits per heavy atom. The average molecular weight is 481 g/mol. The molecular formula is C24H17F2N3O4S. The molecule has 0 atom stereocenters. The maximum atomic E-state index is 13.4. The second kappa shape index (κ2) is 9.67. The van der Waals surface area contributed by atoms with E-state index in [1.165, 1.54) is 24.3 Å². The molecule has 4 aromatic rings. The van der Waals surface area contributed by atoms with E-state index in [-0.39, 0.29) is 11.6 Å². The van der Waals surface area contributed by atoms with E-state index in [4.69, 9.17) is 4.74 Å². The first-order valence-electron chi connectivity index (χ1n) is 9.87. The number of hydrogen-bond acceptors (Lipinski definition) is 5. The van der Waals surface area contributed by atoms with Crippen LogP contribution in [0.5, 0.6) is 11.5 Å². The van der Waals surface area contributed by atoms with Crippen LogP contribution in [0.1, 0.15) is 10.4 Å². The van der Waals surface area contributed by atoms with E-state index in [9.17, 15) is 22.0 Å². The number of rotatable bonds is 7. The molecule has 3 aromatic carbocycles.